The topological polar surface area (TPSA) is 71.8 Å². The van der Waals surface area contributed by atoms with Gasteiger partial charge in [0, 0.05) is 48.4 Å². The van der Waals surface area contributed by atoms with Crippen molar-refractivity contribution in [2.45, 2.75) is 19.6 Å². The molecule has 6 nitrogen and oxygen atoms in total. The van der Waals surface area contributed by atoms with Crippen LogP contribution in [0.25, 0.3) is 11.0 Å². The molecular formula is C21H20N2O4. The lowest BCUT2D eigenvalue weighted by molar-refractivity contribution is 0.139. The lowest BCUT2D eigenvalue weighted by Gasteiger charge is -2.33. The Morgan fingerprint density at radius 3 is 2.67 bits per heavy atom. The van der Waals surface area contributed by atoms with Gasteiger partial charge < -0.3 is 19.4 Å². The lowest BCUT2D eigenvalue weighted by atomic mass is 10.1. The number of nitrogens with one attached hydrogen (secondary N) is 1. The van der Waals surface area contributed by atoms with E-state index in [2.05, 4.69) is 10.2 Å². The molecule has 0 aliphatic carbocycles. The van der Waals surface area contributed by atoms with Crippen LogP contribution < -0.4 is 15.8 Å². The van der Waals surface area contributed by atoms with Gasteiger partial charge in [-0.2, -0.15) is 0 Å². The van der Waals surface area contributed by atoms with Crippen LogP contribution in [-0.2, 0) is 17.9 Å². The van der Waals surface area contributed by atoms with Crippen LogP contribution in [0.4, 0.5) is 10.5 Å². The van der Waals surface area contributed by atoms with Crippen molar-refractivity contribution in [3.63, 3.8) is 0 Å². The predicted molar refractivity (Wildman–Crippen MR) is 103 cm³/mol. The third-order valence-corrected chi connectivity index (χ3v) is 4.67. The molecule has 0 saturated carbocycles. The molecule has 2 heterocycles. The first-order valence-electron chi connectivity index (χ1n) is 8.95. The van der Waals surface area contributed by atoms with E-state index >= 15 is 0 Å². The number of carbonyl (C=O) groups excluding carboxylic acids is 1. The van der Waals surface area contributed by atoms with E-state index in [4.69, 9.17) is 9.15 Å². The first kappa shape index (κ1) is 17.1. The molecular weight excluding hydrogens is 344 g/mol. The van der Waals surface area contributed by atoms with E-state index in [0.29, 0.717) is 17.7 Å². The third kappa shape index (κ3) is 3.95. The minimum Gasteiger partial charge on any atom is -0.445 e. The summed E-state index contributed by atoms with van der Waals surface area (Å²) in [5.41, 5.74) is 2.71. The number of rotatable bonds is 5. The van der Waals surface area contributed by atoms with Gasteiger partial charge in [-0.3, -0.25) is 0 Å². The Morgan fingerprint density at radius 1 is 1.11 bits per heavy atom. The zero-order valence-corrected chi connectivity index (χ0v) is 14.8. The van der Waals surface area contributed by atoms with Crippen LogP contribution in [0.15, 0.2) is 63.8 Å². The van der Waals surface area contributed by atoms with Crippen LogP contribution in [0.3, 0.4) is 0 Å². The Balaban J connectivity index is 1.44. The standard InChI is InChI=1S/C21H20N2O4/c24-20-11-16(14-26-21(25)22-13-15-5-2-1-3-6-15)18-8-7-17(12-19(18)27-20)23-9-4-10-23/h1-3,5-8,11-12H,4,9-10,13-14H2,(H,22,25). The smallest absolute Gasteiger partial charge is 0.407 e. The minimum atomic E-state index is -0.530. The molecule has 1 aliphatic heterocycles. The van der Waals surface area contributed by atoms with Gasteiger partial charge in [-0.25, -0.2) is 9.59 Å². The van der Waals surface area contributed by atoms with Crippen LogP contribution in [0, 0.1) is 0 Å². The van der Waals surface area contributed by atoms with Crippen molar-refractivity contribution in [3.05, 3.63) is 76.1 Å². The fourth-order valence-corrected chi connectivity index (χ4v) is 3.07. The molecule has 138 valence electrons. The number of fused-ring (bicyclic) bond motifs is 1. The number of nitrogens with zero attached hydrogens (tertiary/aromatic N) is 1. The van der Waals surface area contributed by atoms with Crippen molar-refractivity contribution in [2.24, 2.45) is 0 Å². The number of hydrogen-bond acceptors (Lipinski definition) is 5. The minimum absolute atomic E-state index is 0.00574. The van der Waals surface area contributed by atoms with E-state index in [-0.39, 0.29) is 6.61 Å². The second-order valence-corrected chi connectivity index (χ2v) is 6.53. The van der Waals surface area contributed by atoms with Crippen molar-refractivity contribution in [1.82, 2.24) is 5.32 Å². The molecule has 0 spiro atoms. The van der Waals surface area contributed by atoms with Gasteiger partial charge in [0.25, 0.3) is 0 Å². The highest BCUT2D eigenvalue weighted by Crippen LogP contribution is 2.26. The Labute approximate surface area is 156 Å². The van der Waals surface area contributed by atoms with E-state index in [1.54, 1.807) is 0 Å². The van der Waals surface area contributed by atoms with E-state index in [0.717, 1.165) is 29.7 Å². The van der Waals surface area contributed by atoms with E-state index in [9.17, 15) is 9.59 Å². The van der Waals surface area contributed by atoms with Crippen molar-refractivity contribution in [1.29, 1.82) is 0 Å². The Hall–Kier alpha value is -3.28. The second kappa shape index (κ2) is 7.53. The quantitative estimate of drug-likeness (QED) is 0.702. The maximum Gasteiger partial charge on any atom is 0.407 e. The van der Waals surface area contributed by atoms with Gasteiger partial charge >= 0.3 is 11.7 Å². The highest BCUT2D eigenvalue weighted by atomic mass is 16.5. The summed E-state index contributed by atoms with van der Waals surface area (Å²) in [6.45, 7) is 2.42. The summed E-state index contributed by atoms with van der Waals surface area (Å²) < 4.78 is 10.6. The average molecular weight is 364 g/mol. The molecule has 1 aromatic heterocycles. The molecule has 3 aromatic rings. The van der Waals surface area contributed by atoms with Crippen molar-refractivity contribution < 1.29 is 13.9 Å². The molecule has 4 rings (SSSR count). The Bertz CT molecular complexity index is 1010. The summed E-state index contributed by atoms with van der Waals surface area (Å²) in [5.74, 6) is 0. The van der Waals surface area contributed by atoms with Gasteiger partial charge in [-0.05, 0) is 24.1 Å². The summed E-state index contributed by atoms with van der Waals surface area (Å²) in [5, 5.41) is 3.47. The highest BCUT2D eigenvalue weighted by molar-refractivity contribution is 5.84. The molecule has 1 amide bonds. The fourth-order valence-electron chi connectivity index (χ4n) is 3.07. The molecule has 0 bridgehead atoms. The fraction of sp³-hybridized carbons (Fsp3) is 0.238. The Kier molecular flexibility index (Phi) is 4.78. The molecule has 2 aromatic carbocycles. The summed E-state index contributed by atoms with van der Waals surface area (Å²) in [4.78, 5) is 26.1. The van der Waals surface area contributed by atoms with Crippen LogP contribution in [-0.4, -0.2) is 19.2 Å². The number of carbonyl (C=O) groups is 1. The molecule has 0 atom stereocenters. The highest BCUT2D eigenvalue weighted by Gasteiger charge is 2.16. The first-order valence-corrected chi connectivity index (χ1v) is 8.95. The molecule has 1 saturated heterocycles. The maximum absolute atomic E-state index is 12.0. The summed E-state index contributed by atoms with van der Waals surface area (Å²) in [6, 6.07) is 16.7. The van der Waals surface area contributed by atoms with Gasteiger partial charge in [0.15, 0.2) is 0 Å². The van der Waals surface area contributed by atoms with E-state index in [1.165, 1.54) is 12.5 Å². The maximum atomic E-state index is 12.0. The molecule has 1 aliphatic rings. The van der Waals surface area contributed by atoms with Gasteiger partial charge in [0.2, 0.25) is 0 Å². The largest absolute Gasteiger partial charge is 0.445 e. The molecule has 27 heavy (non-hydrogen) atoms. The van der Waals surface area contributed by atoms with Gasteiger partial charge in [-0.15, -0.1) is 0 Å². The number of amides is 1. The van der Waals surface area contributed by atoms with Crippen molar-refractivity contribution in [2.75, 3.05) is 18.0 Å². The number of benzene rings is 2. The van der Waals surface area contributed by atoms with Crippen molar-refractivity contribution in [3.8, 4) is 0 Å². The van der Waals surface area contributed by atoms with Crippen LogP contribution in [0.2, 0.25) is 0 Å². The second-order valence-electron chi connectivity index (χ2n) is 6.53. The number of anilines is 1. The summed E-state index contributed by atoms with van der Waals surface area (Å²) in [7, 11) is 0. The molecule has 1 fully saturated rings. The van der Waals surface area contributed by atoms with Gasteiger partial charge in [0.1, 0.15) is 12.2 Å². The normalized spacial score (nSPS) is 13.3. The number of alkyl carbamates (subject to hydrolysis) is 1. The van der Waals surface area contributed by atoms with E-state index < -0.39 is 11.7 Å². The zero-order valence-electron chi connectivity index (χ0n) is 14.8. The van der Waals surface area contributed by atoms with E-state index in [1.807, 2.05) is 48.5 Å². The van der Waals surface area contributed by atoms with Gasteiger partial charge in [-0.1, -0.05) is 30.3 Å². The number of ether oxygens (including phenoxy) is 1. The monoisotopic (exact) mass is 364 g/mol. The molecule has 1 N–H and O–H groups in total. The summed E-state index contributed by atoms with van der Waals surface area (Å²) >= 11 is 0. The molecule has 0 unspecified atom stereocenters. The van der Waals surface area contributed by atoms with Gasteiger partial charge in [0.05, 0.1) is 0 Å². The van der Waals surface area contributed by atoms with Crippen LogP contribution in [0.1, 0.15) is 17.5 Å². The lowest BCUT2D eigenvalue weighted by Crippen LogP contribution is -2.36. The van der Waals surface area contributed by atoms with Crippen LogP contribution in [0.5, 0.6) is 0 Å². The SMILES string of the molecule is O=C(NCc1ccccc1)OCc1cc(=O)oc2cc(N3CCC3)ccc12. The van der Waals surface area contributed by atoms with Crippen LogP contribution >= 0.6 is 0 Å². The molecule has 0 radical (unpaired) electrons. The predicted octanol–water partition coefficient (Wildman–Crippen LogP) is 3.43. The Morgan fingerprint density at radius 2 is 1.93 bits per heavy atom. The first-order chi connectivity index (χ1) is 13.2. The average Bonchev–Trinajstić information content (AvgIpc) is 2.63. The number of hydrogen-bond donors (Lipinski definition) is 1. The third-order valence-electron chi connectivity index (χ3n) is 4.67. The zero-order chi connectivity index (χ0) is 18.6. The molecule has 6 heteroatoms. The summed E-state index contributed by atoms with van der Waals surface area (Å²) in [6.07, 6.45) is 0.644. The van der Waals surface area contributed by atoms with Crippen molar-refractivity contribution >= 4 is 22.7 Å².